The first-order valence-corrected chi connectivity index (χ1v) is 5.94. The van der Waals surface area contributed by atoms with Gasteiger partial charge in [-0.2, -0.15) is 0 Å². The highest BCUT2D eigenvalue weighted by Gasteiger charge is 2.02. The average molecular weight is 270 g/mol. The van der Waals surface area contributed by atoms with Crippen molar-refractivity contribution in [2.24, 2.45) is 0 Å². The molecule has 1 amide bonds. The fourth-order valence-corrected chi connectivity index (χ4v) is 1.75. The molecule has 1 aromatic carbocycles. The predicted octanol–water partition coefficient (Wildman–Crippen LogP) is 3.17. The van der Waals surface area contributed by atoms with Crippen LogP contribution < -0.4 is 5.32 Å². The van der Waals surface area contributed by atoms with Crippen LogP contribution in [-0.4, -0.2) is 5.91 Å². The predicted molar refractivity (Wildman–Crippen MR) is 65.6 cm³/mol. The maximum atomic E-state index is 11.3. The van der Waals surface area contributed by atoms with E-state index in [1.54, 1.807) is 0 Å². The molecule has 0 saturated carbocycles. The number of carbonyl (C=O) groups is 1. The standard InChI is InChI=1S/C12H16BrNO/c1-3-4-12(15)14-8-10-7-11(13)6-5-9(10)2/h5-7H,3-4,8H2,1-2H3,(H,14,15). The summed E-state index contributed by atoms with van der Waals surface area (Å²) in [7, 11) is 0. The van der Waals surface area contributed by atoms with Crippen molar-refractivity contribution in [1.82, 2.24) is 5.32 Å². The number of rotatable bonds is 4. The summed E-state index contributed by atoms with van der Waals surface area (Å²) in [5, 5.41) is 2.91. The molecule has 0 heterocycles. The van der Waals surface area contributed by atoms with E-state index in [2.05, 4.69) is 21.2 Å². The van der Waals surface area contributed by atoms with Crippen LogP contribution in [0.1, 0.15) is 30.9 Å². The molecular formula is C12H16BrNO. The Morgan fingerprint density at radius 1 is 1.47 bits per heavy atom. The lowest BCUT2D eigenvalue weighted by atomic mass is 10.1. The maximum absolute atomic E-state index is 11.3. The van der Waals surface area contributed by atoms with E-state index in [9.17, 15) is 4.79 Å². The Bertz CT molecular complexity index is 349. The molecule has 0 spiro atoms. The number of amides is 1. The van der Waals surface area contributed by atoms with Crippen LogP contribution in [-0.2, 0) is 11.3 Å². The molecule has 2 nitrogen and oxygen atoms in total. The van der Waals surface area contributed by atoms with Gasteiger partial charge in [-0.15, -0.1) is 0 Å². The number of hydrogen-bond acceptors (Lipinski definition) is 1. The van der Waals surface area contributed by atoms with Crippen molar-refractivity contribution < 1.29 is 4.79 Å². The van der Waals surface area contributed by atoms with Crippen molar-refractivity contribution in [3.8, 4) is 0 Å². The second-order valence-electron chi connectivity index (χ2n) is 3.60. The second-order valence-corrected chi connectivity index (χ2v) is 4.51. The third-order valence-electron chi connectivity index (χ3n) is 2.26. The average Bonchev–Trinajstić information content (AvgIpc) is 2.20. The van der Waals surface area contributed by atoms with Gasteiger partial charge in [-0.3, -0.25) is 4.79 Å². The molecule has 0 fully saturated rings. The summed E-state index contributed by atoms with van der Waals surface area (Å²) in [6.07, 6.45) is 1.50. The van der Waals surface area contributed by atoms with Crippen molar-refractivity contribution in [3.05, 3.63) is 33.8 Å². The third-order valence-corrected chi connectivity index (χ3v) is 2.76. The van der Waals surface area contributed by atoms with Crippen LogP contribution in [0.2, 0.25) is 0 Å². The molecule has 1 aromatic rings. The summed E-state index contributed by atoms with van der Waals surface area (Å²) in [5.74, 6) is 0.122. The summed E-state index contributed by atoms with van der Waals surface area (Å²) in [4.78, 5) is 11.3. The van der Waals surface area contributed by atoms with E-state index < -0.39 is 0 Å². The molecule has 0 saturated heterocycles. The Morgan fingerprint density at radius 3 is 2.87 bits per heavy atom. The molecule has 0 atom stereocenters. The van der Waals surface area contributed by atoms with E-state index in [1.165, 1.54) is 5.56 Å². The number of halogens is 1. The number of nitrogens with one attached hydrogen (secondary N) is 1. The van der Waals surface area contributed by atoms with Crippen LogP contribution in [0.4, 0.5) is 0 Å². The Labute approximate surface area is 99.2 Å². The van der Waals surface area contributed by atoms with Crippen molar-refractivity contribution in [1.29, 1.82) is 0 Å². The molecule has 82 valence electrons. The highest BCUT2D eigenvalue weighted by Crippen LogP contribution is 2.15. The van der Waals surface area contributed by atoms with Gasteiger partial charge in [0.05, 0.1) is 0 Å². The van der Waals surface area contributed by atoms with Gasteiger partial charge in [-0.05, 0) is 36.6 Å². The van der Waals surface area contributed by atoms with E-state index in [4.69, 9.17) is 0 Å². The molecule has 3 heteroatoms. The van der Waals surface area contributed by atoms with Crippen LogP contribution >= 0.6 is 15.9 Å². The van der Waals surface area contributed by atoms with Gasteiger partial charge >= 0.3 is 0 Å². The number of benzene rings is 1. The van der Waals surface area contributed by atoms with Crippen LogP contribution in [0.15, 0.2) is 22.7 Å². The first-order valence-electron chi connectivity index (χ1n) is 5.15. The molecule has 0 aromatic heterocycles. The summed E-state index contributed by atoms with van der Waals surface area (Å²) in [5.41, 5.74) is 2.36. The Kier molecular flexibility index (Phi) is 4.82. The van der Waals surface area contributed by atoms with Crippen molar-refractivity contribution in [2.45, 2.75) is 33.2 Å². The highest BCUT2D eigenvalue weighted by molar-refractivity contribution is 9.10. The monoisotopic (exact) mass is 269 g/mol. The van der Waals surface area contributed by atoms with Gasteiger partial charge in [-0.1, -0.05) is 28.9 Å². The number of hydrogen-bond donors (Lipinski definition) is 1. The zero-order valence-corrected chi connectivity index (χ0v) is 10.7. The van der Waals surface area contributed by atoms with Crippen molar-refractivity contribution in [2.75, 3.05) is 0 Å². The molecule has 0 aliphatic rings. The SMILES string of the molecule is CCCC(=O)NCc1cc(Br)ccc1C. The van der Waals surface area contributed by atoms with Gasteiger partial charge in [0.25, 0.3) is 0 Å². The van der Waals surface area contributed by atoms with Crippen LogP contribution in [0, 0.1) is 6.92 Å². The molecule has 1 rings (SSSR count). The van der Waals surface area contributed by atoms with E-state index in [0.717, 1.165) is 16.5 Å². The lowest BCUT2D eigenvalue weighted by Gasteiger charge is -2.08. The van der Waals surface area contributed by atoms with Gasteiger partial charge in [0.15, 0.2) is 0 Å². The molecule has 0 radical (unpaired) electrons. The molecule has 0 aliphatic carbocycles. The molecule has 0 bridgehead atoms. The van der Waals surface area contributed by atoms with Gasteiger partial charge in [0.1, 0.15) is 0 Å². The number of carbonyl (C=O) groups excluding carboxylic acids is 1. The summed E-state index contributed by atoms with van der Waals surface area (Å²) >= 11 is 3.42. The van der Waals surface area contributed by atoms with E-state index in [1.807, 2.05) is 32.0 Å². The van der Waals surface area contributed by atoms with Gasteiger partial charge < -0.3 is 5.32 Å². The van der Waals surface area contributed by atoms with Crippen LogP contribution in [0.5, 0.6) is 0 Å². The minimum Gasteiger partial charge on any atom is -0.352 e. The largest absolute Gasteiger partial charge is 0.352 e. The van der Waals surface area contributed by atoms with E-state index >= 15 is 0 Å². The smallest absolute Gasteiger partial charge is 0.220 e. The molecule has 0 aliphatic heterocycles. The summed E-state index contributed by atoms with van der Waals surface area (Å²) < 4.78 is 1.05. The first-order chi connectivity index (χ1) is 7.13. The number of aryl methyl sites for hydroxylation is 1. The topological polar surface area (TPSA) is 29.1 Å². The van der Waals surface area contributed by atoms with Gasteiger partial charge in [-0.25, -0.2) is 0 Å². The Hall–Kier alpha value is -0.830. The Morgan fingerprint density at radius 2 is 2.20 bits per heavy atom. The minimum atomic E-state index is 0.122. The van der Waals surface area contributed by atoms with Crippen LogP contribution in [0.3, 0.4) is 0 Å². The van der Waals surface area contributed by atoms with Crippen LogP contribution in [0.25, 0.3) is 0 Å². The third kappa shape index (κ3) is 4.04. The summed E-state index contributed by atoms with van der Waals surface area (Å²) in [6.45, 7) is 4.67. The molecular weight excluding hydrogens is 254 g/mol. The second kappa shape index (κ2) is 5.91. The lowest BCUT2D eigenvalue weighted by molar-refractivity contribution is -0.121. The minimum absolute atomic E-state index is 0.122. The maximum Gasteiger partial charge on any atom is 0.220 e. The fraction of sp³-hybridized carbons (Fsp3) is 0.417. The first kappa shape index (κ1) is 12.2. The lowest BCUT2D eigenvalue weighted by Crippen LogP contribution is -2.22. The van der Waals surface area contributed by atoms with Crippen molar-refractivity contribution in [3.63, 3.8) is 0 Å². The fourth-order valence-electron chi connectivity index (χ4n) is 1.34. The zero-order chi connectivity index (χ0) is 11.3. The summed E-state index contributed by atoms with van der Waals surface area (Å²) in [6, 6.07) is 6.10. The quantitative estimate of drug-likeness (QED) is 0.894. The zero-order valence-electron chi connectivity index (χ0n) is 9.14. The highest BCUT2D eigenvalue weighted by atomic mass is 79.9. The molecule has 15 heavy (non-hydrogen) atoms. The van der Waals surface area contributed by atoms with Crippen molar-refractivity contribution >= 4 is 21.8 Å². The van der Waals surface area contributed by atoms with E-state index in [0.29, 0.717) is 13.0 Å². The Balaban J connectivity index is 2.57. The molecule has 0 unspecified atom stereocenters. The van der Waals surface area contributed by atoms with Gasteiger partial charge in [0, 0.05) is 17.4 Å². The van der Waals surface area contributed by atoms with E-state index in [-0.39, 0.29) is 5.91 Å². The normalized spacial score (nSPS) is 10.1. The molecule has 1 N–H and O–H groups in total. The van der Waals surface area contributed by atoms with Gasteiger partial charge in [0.2, 0.25) is 5.91 Å².